The summed E-state index contributed by atoms with van der Waals surface area (Å²) < 4.78 is 11.6. The molecule has 1 aromatic rings. The first-order valence-corrected chi connectivity index (χ1v) is 10.5. The summed E-state index contributed by atoms with van der Waals surface area (Å²) in [6.07, 6.45) is 10.3. The fraction of sp³-hybridized carbons (Fsp3) is 0.609. The molecule has 0 aromatic carbocycles. The van der Waals surface area contributed by atoms with Gasteiger partial charge in [0, 0.05) is 32.1 Å². The third kappa shape index (κ3) is 6.04. The van der Waals surface area contributed by atoms with Crippen LogP contribution in [0.2, 0.25) is 0 Å². The van der Waals surface area contributed by atoms with Gasteiger partial charge in [-0.1, -0.05) is 6.08 Å². The molecule has 1 atom stereocenters. The minimum atomic E-state index is -0.450. The van der Waals surface area contributed by atoms with Crippen molar-refractivity contribution in [2.75, 3.05) is 19.7 Å². The highest BCUT2D eigenvalue weighted by atomic mass is 16.6. The molecule has 29 heavy (non-hydrogen) atoms. The molecule has 0 radical (unpaired) electrons. The van der Waals surface area contributed by atoms with Crippen LogP contribution in [-0.4, -0.2) is 47.4 Å². The van der Waals surface area contributed by atoms with Gasteiger partial charge in [-0.05, 0) is 76.0 Å². The molecule has 2 heterocycles. The Morgan fingerprint density at radius 3 is 2.69 bits per heavy atom. The lowest BCUT2D eigenvalue weighted by Crippen LogP contribution is -2.42. The Balaban J connectivity index is 1.42. The molecule has 3 rings (SSSR count). The summed E-state index contributed by atoms with van der Waals surface area (Å²) in [4.78, 5) is 18.0. The number of aromatic nitrogens is 1. The van der Waals surface area contributed by atoms with Crippen LogP contribution in [0.5, 0.6) is 0 Å². The lowest BCUT2D eigenvalue weighted by molar-refractivity contribution is -0.00377. The molecule has 1 amide bonds. The number of nitrogens with zero attached hydrogens (tertiary/aromatic N) is 3. The van der Waals surface area contributed by atoms with Gasteiger partial charge in [0.05, 0.1) is 11.7 Å². The van der Waals surface area contributed by atoms with E-state index in [1.54, 1.807) is 17.3 Å². The number of piperidine rings is 1. The van der Waals surface area contributed by atoms with E-state index >= 15 is 0 Å². The maximum absolute atomic E-state index is 12.2. The summed E-state index contributed by atoms with van der Waals surface area (Å²) in [6, 6.07) is 4.15. The lowest BCUT2D eigenvalue weighted by Gasteiger charge is -2.34. The predicted molar refractivity (Wildman–Crippen MR) is 111 cm³/mol. The average Bonchev–Trinajstić information content (AvgIpc) is 2.72. The zero-order valence-electron chi connectivity index (χ0n) is 17.7. The van der Waals surface area contributed by atoms with E-state index in [1.165, 1.54) is 5.57 Å². The smallest absolute Gasteiger partial charge is 0.410 e. The van der Waals surface area contributed by atoms with Crippen LogP contribution in [-0.2, 0) is 9.47 Å². The lowest BCUT2D eigenvalue weighted by atomic mass is 9.90. The minimum absolute atomic E-state index is 0.213. The van der Waals surface area contributed by atoms with E-state index in [2.05, 4.69) is 17.1 Å². The number of hydrogen-bond acceptors (Lipinski definition) is 5. The van der Waals surface area contributed by atoms with Gasteiger partial charge >= 0.3 is 6.09 Å². The highest BCUT2D eigenvalue weighted by molar-refractivity contribution is 5.70. The van der Waals surface area contributed by atoms with E-state index in [1.807, 2.05) is 26.8 Å². The molecular weight excluding hydrogens is 366 g/mol. The Labute approximate surface area is 173 Å². The fourth-order valence-corrected chi connectivity index (χ4v) is 3.85. The number of allylic oxidation sites excluding steroid dienone is 1. The number of likely N-dealkylation sites (tertiary alicyclic amines) is 1. The summed E-state index contributed by atoms with van der Waals surface area (Å²) in [7, 11) is 0. The number of rotatable bonds is 4. The van der Waals surface area contributed by atoms with Crippen molar-refractivity contribution in [3.05, 3.63) is 35.7 Å². The van der Waals surface area contributed by atoms with Crippen LogP contribution in [0.15, 0.2) is 24.5 Å². The van der Waals surface area contributed by atoms with Crippen LogP contribution >= 0.6 is 0 Å². The van der Waals surface area contributed by atoms with Gasteiger partial charge in [-0.3, -0.25) is 4.98 Å². The van der Waals surface area contributed by atoms with Gasteiger partial charge < -0.3 is 14.4 Å². The molecular formula is C23H31N3O3. The first-order chi connectivity index (χ1) is 13.9. The number of amides is 1. The Morgan fingerprint density at radius 2 is 2.07 bits per heavy atom. The van der Waals surface area contributed by atoms with Gasteiger partial charge in [-0.15, -0.1) is 0 Å². The summed E-state index contributed by atoms with van der Waals surface area (Å²) in [5.74, 6) is 0.490. The molecule has 0 bridgehead atoms. The Hall–Kier alpha value is -2.39. The van der Waals surface area contributed by atoms with Gasteiger partial charge in [0.15, 0.2) is 0 Å². The fourth-order valence-electron chi connectivity index (χ4n) is 3.85. The standard InChI is InChI=1S/C23H31N3O3/c1-23(2,3)29-22(27)26-12-9-17(10-13-26)16-28-20-6-4-18(5-7-20)21-8-11-25-15-19(21)14-24/h4,8,11,15,17,20H,5-7,9-10,12-13,16H2,1-3H3. The van der Waals surface area contributed by atoms with E-state index < -0.39 is 5.60 Å². The van der Waals surface area contributed by atoms with Crippen molar-refractivity contribution in [2.45, 2.75) is 64.6 Å². The maximum Gasteiger partial charge on any atom is 0.410 e. The Morgan fingerprint density at radius 1 is 1.31 bits per heavy atom. The molecule has 156 valence electrons. The van der Waals surface area contributed by atoms with Gasteiger partial charge in [-0.2, -0.15) is 5.26 Å². The van der Waals surface area contributed by atoms with Crippen LogP contribution in [0.4, 0.5) is 4.79 Å². The Bertz CT molecular complexity index is 783. The first-order valence-electron chi connectivity index (χ1n) is 10.5. The van der Waals surface area contributed by atoms with E-state index in [4.69, 9.17) is 9.47 Å². The number of hydrogen-bond donors (Lipinski definition) is 0. The van der Waals surface area contributed by atoms with E-state index in [9.17, 15) is 10.1 Å². The minimum Gasteiger partial charge on any atom is -0.444 e. The molecule has 0 saturated carbocycles. The maximum atomic E-state index is 12.2. The highest BCUT2D eigenvalue weighted by Gasteiger charge is 2.27. The van der Waals surface area contributed by atoms with Crippen molar-refractivity contribution in [1.29, 1.82) is 5.26 Å². The molecule has 1 aliphatic heterocycles. The van der Waals surface area contributed by atoms with Crippen molar-refractivity contribution in [2.24, 2.45) is 5.92 Å². The van der Waals surface area contributed by atoms with E-state index in [0.29, 0.717) is 11.5 Å². The highest BCUT2D eigenvalue weighted by Crippen LogP contribution is 2.30. The second kappa shape index (κ2) is 9.41. The van der Waals surface area contributed by atoms with Crippen molar-refractivity contribution in [3.63, 3.8) is 0 Å². The average molecular weight is 398 g/mol. The van der Waals surface area contributed by atoms with E-state index in [-0.39, 0.29) is 12.2 Å². The molecule has 6 nitrogen and oxygen atoms in total. The van der Waals surface area contributed by atoms with Gasteiger partial charge in [0.25, 0.3) is 0 Å². The monoisotopic (exact) mass is 397 g/mol. The summed E-state index contributed by atoms with van der Waals surface area (Å²) >= 11 is 0. The van der Waals surface area contributed by atoms with Crippen molar-refractivity contribution in [3.8, 4) is 6.07 Å². The second-order valence-corrected chi connectivity index (χ2v) is 8.90. The largest absolute Gasteiger partial charge is 0.444 e. The first kappa shape index (κ1) is 21.3. The summed E-state index contributed by atoms with van der Waals surface area (Å²) in [5.41, 5.74) is 2.40. The molecule has 1 saturated heterocycles. The van der Waals surface area contributed by atoms with Crippen LogP contribution in [0.3, 0.4) is 0 Å². The number of carbonyl (C=O) groups is 1. The molecule has 1 aliphatic carbocycles. The van der Waals surface area contributed by atoms with Gasteiger partial charge in [0.2, 0.25) is 0 Å². The third-order valence-corrected chi connectivity index (χ3v) is 5.48. The van der Waals surface area contributed by atoms with Crippen molar-refractivity contribution >= 4 is 11.7 Å². The Kier molecular flexibility index (Phi) is 6.92. The third-order valence-electron chi connectivity index (χ3n) is 5.48. The normalized spacial score (nSPS) is 20.7. The zero-order chi connectivity index (χ0) is 20.9. The van der Waals surface area contributed by atoms with Crippen molar-refractivity contribution < 1.29 is 14.3 Å². The summed E-state index contributed by atoms with van der Waals surface area (Å²) in [6.45, 7) is 7.89. The van der Waals surface area contributed by atoms with E-state index in [0.717, 1.165) is 57.4 Å². The number of ether oxygens (including phenoxy) is 2. The zero-order valence-corrected chi connectivity index (χ0v) is 17.7. The molecule has 0 spiro atoms. The topological polar surface area (TPSA) is 75.4 Å². The molecule has 1 fully saturated rings. The van der Waals surface area contributed by atoms with Crippen molar-refractivity contribution in [1.82, 2.24) is 9.88 Å². The van der Waals surface area contributed by atoms with Gasteiger partial charge in [0.1, 0.15) is 11.7 Å². The number of nitriles is 1. The van der Waals surface area contributed by atoms with Gasteiger partial charge in [-0.25, -0.2) is 4.79 Å². The number of carbonyl (C=O) groups excluding carboxylic acids is 1. The molecule has 0 N–H and O–H groups in total. The van der Waals surface area contributed by atoms with Crippen LogP contribution in [0.25, 0.3) is 5.57 Å². The summed E-state index contributed by atoms with van der Waals surface area (Å²) in [5, 5.41) is 9.26. The number of pyridine rings is 1. The molecule has 2 aliphatic rings. The quantitative estimate of drug-likeness (QED) is 0.745. The van der Waals surface area contributed by atoms with Crippen LogP contribution < -0.4 is 0 Å². The SMILES string of the molecule is CC(C)(C)OC(=O)N1CCC(COC2CC=C(c3ccncc3C#N)CC2)CC1. The molecule has 6 heteroatoms. The molecule has 1 unspecified atom stereocenters. The van der Waals surface area contributed by atoms with Crippen LogP contribution in [0, 0.1) is 17.2 Å². The predicted octanol–water partition coefficient (Wildman–Crippen LogP) is 4.55. The van der Waals surface area contributed by atoms with Crippen LogP contribution in [0.1, 0.15) is 64.0 Å². The molecule has 1 aromatic heterocycles. The second-order valence-electron chi connectivity index (χ2n) is 8.90.